The number of halogens is 4. The zero-order valence-electron chi connectivity index (χ0n) is 41.1. The highest BCUT2D eigenvalue weighted by Gasteiger charge is 2.37. The van der Waals surface area contributed by atoms with Gasteiger partial charge in [0, 0.05) is 78.4 Å². The first-order valence-electron chi connectivity index (χ1n) is 24.5. The third-order valence-corrected chi connectivity index (χ3v) is 17.5. The minimum Gasteiger partial charge on any atom is -0.378 e. The van der Waals surface area contributed by atoms with Crippen LogP contribution in [-0.4, -0.2) is 171 Å². The van der Waals surface area contributed by atoms with Crippen LogP contribution in [-0.2, 0) is 61.6 Å². The van der Waals surface area contributed by atoms with Crippen molar-refractivity contribution >= 4 is 72.5 Å². The Kier molecular flexibility index (Phi) is 24.3. The van der Waals surface area contributed by atoms with Gasteiger partial charge in [0.2, 0.25) is 20.0 Å². The van der Waals surface area contributed by atoms with E-state index in [0.717, 1.165) is 61.3 Å². The average molecular weight is 1130 g/mol. The summed E-state index contributed by atoms with van der Waals surface area (Å²) in [4.78, 5) is 16.6. The van der Waals surface area contributed by atoms with Gasteiger partial charge in [-0.3, -0.25) is 0 Å². The number of fused-ring (bicyclic) bond motifs is 2. The molecule has 3 aliphatic rings. The highest BCUT2D eigenvalue weighted by molar-refractivity contribution is 7.90. The molecule has 2 amide bonds. The van der Waals surface area contributed by atoms with Crippen LogP contribution in [0.15, 0.2) is 53.4 Å². The van der Waals surface area contributed by atoms with Crippen molar-refractivity contribution in [2.45, 2.75) is 60.8 Å². The lowest BCUT2D eigenvalue weighted by Crippen LogP contribution is -2.40. The minimum atomic E-state index is -3.73. The van der Waals surface area contributed by atoms with Crippen molar-refractivity contribution in [2.24, 2.45) is 5.92 Å². The molecule has 17 nitrogen and oxygen atoms in total. The topological polar surface area (TPSA) is 195 Å². The zero-order valence-corrected chi connectivity index (χ0v) is 45.8. The van der Waals surface area contributed by atoms with Gasteiger partial charge in [0.15, 0.2) is 0 Å². The maximum absolute atomic E-state index is 13.1. The van der Waals surface area contributed by atoms with E-state index in [1.54, 1.807) is 24.3 Å². The van der Waals surface area contributed by atoms with Gasteiger partial charge in [0.05, 0.1) is 89.4 Å². The number of benzene rings is 3. The van der Waals surface area contributed by atoms with Crippen molar-refractivity contribution in [3.63, 3.8) is 0 Å². The number of nitrogens with one attached hydrogen (secondary N) is 4. The van der Waals surface area contributed by atoms with Gasteiger partial charge in [-0.2, -0.15) is 0 Å². The van der Waals surface area contributed by atoms with Gasteiger partial charge in [-0.1, -0.05) is 58.5 Å². The van der Waals surface area contributed by atoms with Crippen molar-refractivity contribution in [3.05, 3.63) is 96.4 Å². The molecule has 1 fully saturated rings. The van der Waals surface area contributed by atoms with E-state index in [1.165, 1.54) is 5.56 Å². The molecular weight excluding hydrogens is 1050 g/mol. The zero-order chi connectivity index (χ0) is 51.5. The Balaban J connectivity index is 0.676. The molecular formula is C49H70Cl4N6O11S2. The molecule has 0 radical (unpaired) electrons. The van der Waals surface area contributed by atoms with Crippen LogP contribution in [0.3, 0.4) is 0 Å². The molecule has 2 heterocycles. The third-order valence-electron chi connectivity index (χ3n) is 13.0. The summed E-state index contributed by atoms with van der Waals surface area (Å²) in [6, 6.07) is 14.1. The Labute approximate surface area is 445 Å². The van der Waals surface area contributed by atoms with Crippen LogP contribution < -0.4 is 20.1 Å². The van der Waals surface area contributed by atoms with Crippen molar-refractivity contribution in [1.29, 1.82) is 0 Å². The molecule has 0 spiro atoms. The predicted molar refractivity (Wildman–Crippen MR) is 281 cm³/mol. The summed E-state index contributed by atoms with van der Waals surface area (Å²) in [5, 5.41) is 7.53. The summed E-state index contributed by atoms with van der Waals surface area (Å²) in [5.41, 5.74) is 5.40. The Hall–Kier alpha value is -2.41. The van der Waals surface area contributed by atoms with E-state index in [-0.39, 0.29) is 55.7 Å². The first-order valence-corrected chi connectivity index (χ1v) is 29.0. The molecule has 0 aromatic heterocycles. The van der Waals surface area contributed by atoms with Gasteiger partial charge >= 0.3 is 6.03 Å². The van der Waals surface area contributed by atoms with E-state index >= 15 is 0 Å². The monoisotopic (exact) mass is 1120 g/mol. The van der Waals surface area contributed by atoms with Gasteiger partial charge in [-0.25, -0.2) is 31.1 Å². The van der Waals surface area contributed by atoms with Gasteiger partial charge in [0.25, 0.3) is 0 Å². The number of hydrogen-bond donors (Lipinski definition) is 4. The van der Waals surface area contributed by atoms with Crippen LogP contribution in [0, 0.1) is 5.92 Å². The second kappa shape index (κ2) is 29.8. The summed E-state index contributed by atoms with van der Waals surface area (Å²) < 4.78 is 90.3. The molecule has 72 heavy (non-hydrogen) atoms. The van der Waals surface area contributed by atoms with Crippen LogP contribution >= 0.6 is 46.4 Å². The molecule has 1 aliphatic carbocycles. The molecule has 0 unspecified atom stereocenters. The molecule has 2 aliphatic heterocycles. The molecule has 1 saturated carbocycles. The van der Waals surface area contributed by atoms with Gasteiger partial charge < -0.3 is 48.9 Å². The fourth-order valence-corrected chi connectivity index (χ4v) is 13.1. The molecule has 3 aromatic rings. The van der Waals surface area contributed by atoms with E-state index < -0.39 is 25.3 Å². The van der Waals surface area contributed by atoms with E-state index in [0.29, 0.717) is 111 Å². The summed E-state index contributed by atoms with van der Waals surface area (Å²) in [6.07, 6.45) is 2.89. The number of sulfonamides is 2. The van der Waals surface area contributed by atoms with E-state index in [1.807, 2.05) is 31.3 Å². The van der Waals surface area contributed by atoms with Crippen molar-refractivity contribution < 1.29 is 50.1 Å². The number of carbonyl (C=O) groups is 1. The first kappa shape index (κ1) is 58.8. The van der Waals surface area contributed by atoms with Gasteiger partial charge in [0.1, 0.15) is 0 Å². The summed E-state index contributed by atoms with van der Waals surface area (Å²) in [5.74, 6) is 0.661. The number of rotatable bonds is 30. The Bertz CT molecular complexity index is 2400. The Morgan fingerprint density at radius 2 is 1.01 bits per heavy atom. The van der Waals surface area contributed by atoms with Gasteiger partial charge in [-0.05, 0) is 116 Å². The standard InChI is InChI=1S/C49H70Cl4N6O11S2/c1-58-31-43(41-27-37(50)29-47(52)45(41)33-58)35-3-7-39(8-4-35)71(61,62)56-13-17-67-21-25-69-23-19-65-15-11-54-49(60)55-12-16-66-20-24-70-26-22-68-18-14-57-72(63,64)40-9-5-36(6-10-40)44-32-59(2)34-46-42(44)28-38(51)30-48(46)53/h3-4,7-8,27-30,36,40,43-44,56-57H,5-6,9-26,31-34H2,1-2H3,(H2,54,55,60)/t36?,40?,43-,44-/m0/s1. The normalized spacial score (nSPS) is 19.8. The SMILES string of the molecule is CN1Cc2c(Cl)cc(Cl)cc2[C@H](c2ccc(S(=O)(=O)NCCOCCOCCOCCNC(=O)NCCOCCOCCOCCNS(=O)(=O)C3CCC([C@@H]4CN(C)Cc5c(Cl)cc(Cl)cc54)CC3)cc2)C1. The number of ether oxygens (including phenoxy) is 6. The van der Waals surface area contributed by atoms with E-state index in [9.17, 15) is 21.6 Å². The number of urea groups is 1. The van der Waals surface area contributed by atoms with Gasteiger partial charge in [-0.15, -0.1) is 0 Å². The molecule has 3 aromatic carbocycles. The van der Waals surface area contributed by atoms with Crippen molar-refractivity contribution in [3.8, 4) is 0 Å². The Morgan fingerprint density at radius 3 is 1.54 bits per heavy atom. The highest BCUT2D eigenvalue weighted by atomic mass is 35.5. The predicted octanol–water partition coefficient (Wildman–Crippen LogP) is 6.26. The van der Waals surface area contributed by atoms with E-state index in [2.05, 4.69) is 36.9 Å². The molecule has 0 saturated heterocycles. The molecule has 6 rings (SSSR count). The van der Waals surface area contributed by atoms with E-state index in [4.69, 9.17) is 74.8 Å². The number of carbonyl (C=O) groups excluding carboxylic acids is 1. The number of nitrogens with zero attached hydrogens (tertiary/aromatic N) is 2. The summed E-state index contributed by atoms with van der Waals surface area (Å²) in [7, 11) is -3.07. The smallest absolute Gasteiger partial charge is 0.314 e. The van der Waals surface area contributed by atoms with Crippen LogP contribution in [0.5, 0.6) is 0 Å². The second-order valence-electron chi connectivity index (χ2n) is 18.3. The molecule has 4 N–H and O–H groups in total. The average Bonchev–Trinajstić information content (AvgIpc) is 3.34. The third kappa shape index (κ3) is 18.4. The molecule has 23 heteroatoms. The lowest BCUT2D eigenvalue weighted by molar-refractivity contribution is 0.0160. The van der Waals surface area contributed by atoms with Crippen molar-refractivity contribution in [1.82, 2.24) is 29.9 Å². The van der Waals surface area contributed by atoms with Crippen LogP contribution in [0.4, 0.5) is 4.79 Å². The minimum absolute atomic E-state index is 0.00940. The largest absolute Gasteiger partial charge is 0.378 e. The fourth-order valence-electron chi connectivity index (χ4n) is 9.43. The molecule has 2 atom stereocenters. The molecule has 402 valence electrons. The van der Waals surface area contributed by atoms with Crippen molar-refractivity contribution in [2.75, 3.05) is 133 Å². The van der Waals surface area contributed by atoms with Crippen LogP contribution in [0.25, 0.3) is 0 Å². The number of hydrogen-bond acceptors (Lipinski definition) is 13. The maximum atomic E-state index is 13.1. The summed E-state index contributed by atoms with van der Waals surface area (Å²) in [6.45, 7) is 7.81. The highest BCUT2D eigenvalue weighted by Crippen LogP contribution is 2.44. The number of likely N-dealkylation sites (N-methyl/N-ethyl adjacent to an activating group) is 2. The lowest BCUT2D eigenvalue weighted by atomic mass is 9.74. The first-order chi connectivity index (χ1) is 34.6. The maximum Gasteiger partial charge on any atom is 0.314 e. The molecule has 0 bridgehead atoms. The fraction of sp³-hybridized carbons (Fsp3) is 0.612. The Morgan fingerprint density at radius 1 is 0.569 bits per heavy atom. The van der Waals surface area contributed by atoms with Crippen LogP contribution in [0.2, 0.25) is 20.1 Å². The summed E-state index contributed by atoms with van der Waals surface area (Å²) >= 11 is 25.7. The second-order valence-corrected chi connectivity index (χ2v) is 23.8. The number of amides is 2. The van der Waals surface area contributed by atoms with Crippen LogP contribution in [0.1, 0.15) is 65.3 Å². The quantitative estimate of drug-likeness (QED) is 0.0547. The lowest BCUT2D eigenvalue weighted by Gasteiger charge is -2.40.